The van der Waals surface area contributed by atoms with Crippen molar-refractivity contribution >= 4 is 99.4 Å². The van der Waals surface area contributed by atoms with E-state index in [1.807, 2.05) is 19.1 Å². The van der Waals surface area contributed by atoms with Gasteiger partial charge in [0.2, 0.25) is 0 Å². The maximum Gasteiger partial charge on any atom is 0.187 e. The lowest BCUT2D eigenvalue weighted by Crippen LogP contribution is -2.66. The van der Waals surface area contributed by atoms with Gasteiger partial charge in [0.05, 0.1) is 26.4 Å². The van der Waals surface area contributed by atoms with Crippen LogP contribution in [0.3, 0.4) is 0 Å². The van der Waals surface area contributed by atoms with Gasteiger partial charge in [-0.15, -0.1) is 0 Å². The van der Waals surface area contributed by atoms with Gasteiger partial charge in [0, 0.05) is 91.1 Å². The molecule has 3 heterocycles. The topological polar surface area (TPSA) is 173 Å². The molecule has 0 aliphatic carbocycles. The molecule has 3 rings (SSSR count). The predicted molar refractivity (Wildman–Crippen MR) is 221 cm³/mol. The largest absolute Gasteiger partial charge is 0.363 e. The number of carbonyl (C=O) groups excluding carboxylic acids is 1. The summed E-state index contributed by atoms with van der Waals surface area (Å²) in [6.07, 6.45) is -7.77. The first-order valence-electron chi connectivity index (χ1n) is 16.1. The van der Waals surface area contributed by atoms with Gasteiger partial charge in [-0.3, -0.25) is 9.36 Å². The van der Waals surface area contributed by atoms with Gasteiger partial charge in [0.1, 0.15) is 78.6 Å². The molecule has 53 heavy (non-hydrogen) atoms. The minimum atomic E-state index is -1.13. The molecule has 0 bridgehead atoms. The van der Waals surface area contributed by atoms with Gasteiger partial charge in [-0.2, -0.15) is 0 Å². The smallest absolute Gasteiger partial charge is 0.187 e. The molecule has 0 aromatic heterocycles. The van der Waals surface area contributed by atoms with Crippen molar-refractivity contribution in [1.29, 1.82) is 0 Å². The molecule has 17 nitrogen and oxygen atoms in total. The lowest BCUT2D eigenvalue weighted by molar-refractivity contribution is -0.360. The van der Waals surface area contributed by atoms with Crippen LogP contribution in [0.4, 0.5) is 0 Å². The molecular weight excluding hydrogens is 894 g/mol. The minimum absolute atomic E-state index is 0.0103. The third-order valence-corrected chi connectivity index (χ3v) is 12.2. The van der Waals surface area contributed by atoms with E-state index in [9.17, 15) is 9.36 Å². The van der Waals surface area contributed by atoms with Crippen molar-refractivity contribution in [1.82, 2.24) is 0 Å². The summed E-state index contributed by atoms with van der Waals surface area (Å²) < 4.78 is 101. The van der Waals surface area contributed by atoms with Crippen LogP contribution in [0.15, 0.2) is 12.2 Å². The predicted octanol–water partition coefficient (Wildman–Crippen LogP) is 3.25. The van der Waals surface area contributed by atoms with Gasteiger partial charge in [-0.05, 0) is 13.3 Å². The summed E-state index contributed by atoms with van der Waals surface area (Å²) in [5.41, 5.74) is -0.837. The molecule has 0 aromatic carbocycles. The van der Waals surface area contributed by atoms with E-state index >= 15 is 0 Å². The Morgan fingerprint density at radius 3 is 1.49 bits per heavy atom. The molecule has 0 spiro atoms. The number of Topliss-reactive ketones (excluding diaryl/α,β-unsaturated/α-hetero) is 1. The molecule has 3 aliphatic heterocycles. The van der Waals surface area contributed by atoms with Crippen LogP contribution in [-0.2, 0) is 78.5 Å². The zero-order chi connectivity index (χ0) is 39.1. The summed E-state index contributed by atoms with van der Waals surface area (Å²) in [5.74, 6) is 0.0124. The highest BCUT2D eigenvalue weighted by Crippen LogP contribution is 2.41. The zero-order valence-electron chi connectivity index (χ0n) is 29.0. The number of ketones is 1. The Morgan fingerprint density at radius 1 is 0.604 bits per heavy atom. The van der Waals surface area contributed by atoms with Gasteiger partial charge >= 0.3 is 0 Å². The third kappa shape index (κ3) is 13.6. The first kappa shape index (κ1) is 50.1. The molecule has 3 fully saturated rings. The highest BCUT2D eigenvalue weighted by molar-refractivity contribution is 7.25. The normalized spacial score (nSPS) is 38.7. The highest BCUT2D eigenvalue weighted by Gasteiger charge is 2.56. The Labute approximate surface area is 333 Å². The number of hydrogen-bond donors (Lipinski definition) is 0. The SMILES string of the molecule is CC(=O)C(C)C/C=C/COC1OC(COP)C(O[C@@H]2OC(COP)[C@H](O[C@@H]3OC(COP)[C@H](OP)[C@H](OP)C3P=O)[C@H](OP)C2OP)[C@H](OP)[C@H]1OP. The average molecular weight is 946 g/mol. The Hall–Kier alpha value is 2.78. The lowest BCUT2D eigenvalue weighted by atomic mass is 9.96. The number of allylic oxidation sites excluding steroid dienone is 1. The molecule has 25 atom stereocenters. The standard InChI is InChI=1S/C26H52O17P10/c1-10(11(2)27)5-3-4-6-29-24-21(42-51)18(39-48)15(12(33-24)7-30-44)36-25-22(43-52)19(40-49)16(13(34-25)8-31-45)37-26-23(53-28)20(41-50)17(38-47)14(35-26)9-32-46/h3-4,10,12-26H,5-9,44-52H2,1-2H3/b4-3+/t10?,12?,13?,14?,15?,16-,17-,18-,19-,20-,21+,22?,23?,24?,25-,26-/m0/s1. The molecule has 0 radical (unpaired) electrons. The van der Waals surface area contributed by atoms with Crippen molar-refractivity contribution in [3.8, 4) is 0 Å². The summed E-state index contributed by atoms with van der Waals surface area (Å²) in [5, 5.41) is 0. The van der Waals surface area contributed by atoms with E-state index in [1.165, 1.54) is 0 Å². The molecule has 0 N–H and O–H groups in total. The van der Waals surface area contributed by atoms with E-state index in [-0.39, 0.29) is 46.6 Å². The molecule has 0 aromatic rings. The van der Waals surface area contributed by atoms with Crippen LogP contribution in [0.5, 0.6) is 0 Å². The second-order valence-corrected chi connectivity index (χ2v) is 15.5. The summed E-state index contributed by atoms with van der Waals surface area (Å²) in [6, 6.07) is 0. The van der Waals surface area contributed by atoms with E-state index in [0.29, 0.717) is 6.42 Å². The van der Waals surface area contributed by atoms with Crippen molar-refractivity contribution in [2.75, 3.05) is 26.4 Å². The van der Waals surface area contributed by atoms with Crippen LogP contribution < -0.4 is 0 Å². The second kappa shape index (κ2) is 26.9. The first-order valence-corrected chi connectivity index (χ1v) is 21.2. The molecule has 27 heteroatoms. The molecule has 0 saturated carbocycles. The second-order valence-electron chi connectivity index (χ2n) is 12.1. The fourth-order valence-corrected chi connectivity index (χ4v) is 9.19. The van der Waals surface area contributed by atoms with Crippen molar-refractivity contribution in [3.63, 3.8) is 0 Å². The van der Waals surface area contributed by atoms with E-state index in [1.54, 1.807) is 6.92 Å². The summed E-state index contributed by atoms with van der Waals surface area (Å²) >= 11 is 0. The van der Waals surface area contributed by atoms with E-state index in [2.05, 4.69) is 85.2 Å². The fraction of sp³-hybridized carbons (Fsp3) is 0.885. The molecule has 0 amide bonds. The van der Waals surface area contributed by atoms with Crippen molar-refractivity contribution < 1.29 is 78.5 Å². The minimum Gasteiger partial charge on any atom is -0.363 e. The van der Waals surface area contributed by atoms with Gasteiger partial charge in [-0.1, -0.05) is 19.1 Å². The Bertz CT molecular complexity index is 1110. The summed E-state index contributed by atoms with van der Waals surface area (Å²) in [6.45, 7) is 3.75. The van der Waals surface area contributed by atoms with Crippen molar-refractivity contribution in [2.45, 2.75) is 112 Å². The van der Waals surface area contributed by atoms with Crippen LogP contribution in [-0.4, -0.2) is 124 Å². The summed E-state index contributed by atoms with van der Waals surface area (Å²) in [4.78, 5) is 11.6. The van der Waals surface area contributed by atoms with Crippen molar-refractivity contribution in [3.05, 3.63) is 12.2 Å². The number of ether oxygens (including phenoxy) is 6. The maximum atomic E-state index is 12.5. The average Bonchev–Trinajstić information content (AvgIpc) is 3.15. The molecular formula is C26H52O17P10. The zero-order valence-corrected chi connectivity index (χ0v) is 40.3. The van der Waals surface area contributed by atoms with Crippen LogP contribution in [0.25, 0.3) is 0 Å². The van der Waals surface area contributed by atoms with E-state index in [0.717, 1.165) is 0 Å². The van der Waals surface area contributed by atoms with E-state index in [4.69, 9.17) is 69.1 Å². The van der Waals surface area contributed by atoms with Gasteiger partial charge < -0.3 is 69.1 Å². The van der Waals surface area contributed by atoms with Crippen LogP contribution in [0.2, 0.25) is 0 Å². The lowest BCUT2D eigenvalue weighted by Gasteiger charge is -2.50. The maximum absolute atomic E-state index is 12.5. The first-order chi connectivity index (χ1) is 25.6. The Balaban J connectivity index is 1.86. The molecule has 3 saturated heterocycles. The molecule has 3 aliphatic rings. The van der Waals surface area contributed by atoms with Gasteiger partial charge in [-0.25, -0.2) is 0 Å². The Morgan fingerprint density at radius 2 is 1.04 bits per heavy atom. The number of rotatable bonds is 23. The third-order valence-electron chi connectivity index (χ3n) is 8.93. The Kier molecular flexibility index (Phi) is 25.4. The van der Waals surface area contributed by atoms with Gasteiger partial charge in [0.15, 0.2) is 27.3 Å². The molecule has 17 unspecified atom stereocenters. The highest BCUT2D eigenvalue weighted by atomic mass is 31.1. The molecule has 308 valence electrons. The summed E-state index contributed by atoms with van der Waals surface area (Å²) in [7, 11) is 19.4. The van der Waals surface area contributed by atoms with Gasteiger partial charge in [0.25, 0.3) is 0 Å². The number of carbonyl (C=O) groups is 1. The van der Waals surface area contributed by atoms with Crippen LogP contribution in [0, 0.1) is 5.92 Å². The van der Waals surface area contributed by atoms with Crippen molar-refractivity contribution in [2.24, 2.45) is 5.92 Å². The van der Waals surface area contributed by atoms with Crippen LogP contribution in [0.1, 0.15) is 20.3 Å². The van der Waals surface area contributed by atoms with E-state index < -0.39 is 91.7 Å². The van der Waals surface area contributed by atoms with Crippen LogP contribution >= 0.6 is 93.7 Å². The monoisotopic (exact) mass is 946 g/mol. The number of hydrogen-bond acceptors (Lipinski definition) is 17. The quantitative estimate of drug-likeness (QED) is 0.108. The fourth-order valence-electron chi connectivity index (χ4n) is 6.05.